The van der Waals surface area contributed by atoms with Crippen LogP contribution in [0.2, 0.25) is 0 Å². The Morgan fingerprint density at radius 2 is 0.897 bits per heavy atom. The lowest BCUT2D eigenvalue weighted by atomic mass is 9.90. The Morgan fingerprint density at radius 1 is 0.483 bits per heavy atom. The van der Waals surface area contributed by atoms with Crippen LogP contribution in [0.3, 0.4) is 0 Å². The van der Waals surface area contributed by atoms with Gasteiger partial charge in [0, 0.05) is 22.0 Å². The highest BCUT2D eigenvalue weighted by Crippen LogP contribution is 2.36. The van der Waals surface area contributed by atoms with Crippen molar-refractivity contribution in [3.8, 4) is 0 Å². The average molecular weight is 463 g/mol. The number of hydrogen-bond donors (Lipinski definition) is 0. The lowest BCUT2D eigenvalue weighted by Gasteiger charge is -2.30. The van der Waals surface area contributed by atoms with E-state index in [0.717, 1.165) is 10.5 Å². The molecule has 3 heteroatoms. The summed E-state index contributed by atoms with van der Waals surface area (Å²) in [5.41, 5.74) is 1.74. The third kappa shape index (κ3) is 22.0. The van der Waals surface area contributed by atoms with Crippen molar-refractivity contribution in [3.05, 3.63) is 0 Å². The molecule has 0 aliphatic carbocycles. The van der Waals surface area contributed by atoms with E-state index >= 15 is 0 Å². The monoisotopic (exact) mass is 462 g/mol. The predicted octanol–water partition coefficient (Wildman–Crippen LogP) is 9.67. The van der Waals surface area contributed by atoms with Gasteiger partial charge >= 0.3 is 0 Å². The molecule has 0 saturated carbocycles. The van der Waals surface area contributed by atoms with Gasteiger partial charge in [0.2, 0.25) is 0 Å². The van der Waals surface area contributed by atoms with Crippen LogP contribution in [0.1, 0.15) is 109 Å². The molecule has 0 aromatic heterocycles. The largest absolute Gasteiger partial charge is 0.161 e. The summed E-state index contributed by atoms with van der Waals surface area (Å²) < 4.78 is 0. The summed E-state index contributed by atoms with van der Waals surface area (Å²) in [5, 5.41) is 1.56. The molecule has 0 aromatic rings. The first kappa shape index (κ1) is 30.0. The second-order valence-electron chi connectivity index (χ2n) is 13.7. The number of rotatable bonds is 12. The Morgan fingerprint density at radius 3 is 1.31 bits per heavy atom. The zero-order chi connectivity index (χ0) is 22.9. The van der Waals surface area contributed by atoms with E-state index < -0.39 is 0 Å². The van der Waals surface area contributed by atoms with Crippen LogP contribution in [0.15, 0.2) is 0 Å². The summed E-state index contributed by atoms with van der Waals surface area (Å²) in [5.74, 6) is 5.23. The number of thioether (sulfide) groups is 3. The Hall–Kier alpha value is 1.05. The molecule has 0 spiro atoms. The van der Waals surface area contributed by atoms with Crippen LogP contribution in [0.4, 0.5) is 0 Å². The molecular formula is C26H54S3. The standard InChI is InChI=1S/C26H54S3/c1-23(2,3)13-15-27-19-21(17-25(7,8)9)29-20-22(18-26(10,11)12)28-16-14-24(4,5)6/h21-22H,13-20H2,1-12H3. The van der Waals surface area contributed by atoms with Gasteiger partial charge in [0.05, 0.1) is 0 Å². The van der Waals surface area contributed by atoms with Crippen molar-refractivity contribution in [1.29, 1.82) is 0 Å². The molecule has 0 aliphatic heterocycles. The Labute approximate surface area is 198 Å². The van der Waals surface area contributed by atoms with Crippen molar-refractivity contribution in [2.75, 3.05) is 23.0 Å². The fraction of sp³-hybridized carbons (Fsp3) is 1.00. The quantitative estimate of drug-likeness (QED) is 0.265. The van der Waals surface area contributed by atoms with Gasteiger partial charge in [-0.15, -0.1) is 0 Å². The average Bonchev–Trinajstić information content (AvgIpc) is 2.43. The molecule has 2 unspecified atom stereocenters. The van der Waals surface area contributed by atoms with Crippen LogP contribution in [-0.4, -0.2) is 33.5 Å². The fourth-order valence-corrected chi connectivity index (χ4v) is 8.57. The van der Waals surface area contributed by atoms with Crippen LogP contribution in [-0.2, 0) is 0 Å². The first-order chi connectivity index (χ1) is 12.9. The normalized spacial score (nSPS) is 16.1. The molecule has 0 N–H and O–H groups in total. The second kappa shape index (κ2) is 12.9. The summed E-state index contributed by atoms with van der Waals surface area (Å²) in [6.45, 7) is 28.6. The highest BCUT2D eigenvalue weighted by molar-refractivity contribution is 8.05. The van der Waals surface area contributed by atoms with Crippen LogP contribution >= 0.6 is 35.3 Å². The Balaban J connectivity index is 4.76. The first-order valence-electron chi connectivity index (χ1n) is 11.7. The molecule has 0 radical (unpaired) electrons. The van der Waals surface area contributed by atoms with Gasteiger partial charge < -0.3 is 0 Å². The van der Waals surface area contributed by atoms with Crippen molar-refractivity contribution >= 4 is 35.3 Å². The first-order valence-corrected chi connectivity index (χ1v) is 14.9. The third-order valence-corrected chi connectivity index (χ3v) is 8.90. The van der Waals surface area contributed by atoms with Gasteiger partial charge in [-0.2, -0.15) is 35.3 Å². The summed E-state index contributed by atoms with van der Waals surface area (Å²) in [6.07, 6.45) is 5.29. The van der Waals surface area contributed by atoms with Gasteiger partial charge in [-0.25, -0.2) is 0 Å². The Kier molecular flexibility index (Phi) is 13.4. The van der Waals surface area contributed by atoms with Crippen LogP contribution in [0, 0.1) is 21.7 Å². The zero-order valence-corrected chi connectivity index (χ0v) is 24.5. The number of hydrogen-bond acceptors (Lipinski definition) is 3. The molecule has 0 heterocycles. The maximum Gasteiger partial charge on any atom is 0.0143 e. The van der Waals surface area contributed by atoms with Crippen LogP contribution in [0.25, 0.3) is 0 Å². The van der Waals surface area contributed by atoms with Gasteiger partial charge in [0.15, 0.2) is 0 Å². The molecule has 176 valence electrons. The summed E-state index contributed by atoms with van der Waals surface area (Å²) in [7, 11) is 0. The van der Waals surface area contributed by atoms with Gasteiger partial charge in [-0.1, -0.05) is 83.1 Å². The van der Waals surface area contributed by atoms with Crippen molar-refractivity contribution in [2.45, 2.75) is 119 Å². The minimum Gasteiger partial charge on any atom is -0.161 e. The summed E-state index contributed by atoms with van der Waals surface area (Å²) in [4.78, 5) is 0. The highest BCUT2D eigenvalue weighted by Gasteiger charge is 2.24. The minimum atomic E-state index is 0.418. The van der Waals surface area contributed by atoms with Crippen molar-refractivity contribution in [3.63, 3.8) is 0 Å². The van der Waals surface area contributed by atoms with E-state index in [4.69, 9.17) is 0 Å². The minimum absolute atomic E-state index is 0.418. The van der Waals surface area contributed by atoms with Gasteiger partial charge in [-0.05, 0) is 58.8 Å². The van der Waals surface area contributed by atoms with Gasteiger partial charge in [0.1, 0.15) is 0 Å². The van der Waals surface area contributed by atoms with E-state index in [1.807, 2.05) is 0 Å². The van der Waals surface area contributed by atoms with E-state index in [1.54, 1.807) is 0 Å². The van der Waals surface area contributed by atoms with E-state index in [9.17, 15) is 0 Å². The van der Waals surface area contributed by atoms with E-state index in [0.29, 0.717) is 21.7 Å². The summed E-state index contributed by atoms with van der Waals surface area (Å²) in [6, 6.07) is 0. The zero-order valence-electron chi connectivity index (χ0n) is 22.0. The fourth-order valence-electron chi connectivity index (χ4n) is 3.07. The molecule has 0 nitrogen and oxygen atoms in total. The van der Waals surface area contributed by atoms with Crippen molar-refractivity contribution in [2.24, 2.45) is 21.7 Å². The second-order valence-corrected chi connectivity index (χ2v) is 17.6. The van der Waals surface area contributed by atoms with Crippen LogP contribution in [0.5, 0.6) is 0 Å². The van der Waals surface area contributed by atoms with Crippen molar-refractivity contribution < 1.29 is 0 Å². The molecule has 0 rings (SSSR count). The molecule has 2 atom stereocenters. The molecule has 0 amide bonds. The van der Waals surface area contributed by atoms with E-state index in [1.165, 1.54) is 48.7 Å². The SMILES string of the molecule is CC(C)(C)CCSCC(CC(C)(C)C)SCC(CC(C)(C)C)SCCC(C)(C)C. The summed E-state index contributed by atoms with van der Waals surface area (Å²) >= 11 is 6.70. The highest BCUT2D eigenvalue weighted by atomic mass is 32.2. The molecule has 0 saturated heterocycles. The topological polar surface area (TPSA) is 0 Å². The van der Waals surface area contributed by atoms with E-state index in [2.05, 4.69) is 118 Å². The molecular weight excluding hydrogens is 408 g/mol. The molecule has 0 aliphatic rings. The van der Waals surface area contributed by atoms with Crippen molar-refractivity contribution in [1.82, 2.24) is 0 Å². The maximum absolute atomic E-state index is 2.41. The lowest BCUT2D eigenvalue weighted by molar-refractivity contribution is 0.375. The Bertz CT molecular complexity index is 415. The van der Waals surface area contributed by atoms with Crippen LogP contribution < -0.4 is 0 Å². The molecule has 0 fully saturated rings. The molecule has 0 aromatic carbocycles. The van der Waals surface area contributed by atoms with E-state index in [-0.39, 0.29) is 0 Å². The third-order valence-electron chi connectivity index (χ3n) is 4.70. The lowest BCUT2D eigenvalue weighted by Crippen LogP contribution is -2.23. The molecule has 0 bridgehead atoms. The predicted molar refractivity (Wildman–Crippen MR) is 146 cm³/mol. The van der Waals surface area contributed by atoms with Gasteiger partial charge in [-0.3, -0.25) is 0 Å². The van der Waals surface area contributed by atoms with Gasteiger partial charge in [0.25, 0.3) is 0 Å². The maximum atomic E-state index is 2.41. The molecule has 29 heavy (non-hydrogen) atoms. The smallest absolute Gasteiger partial charge is 0.0143 e.